The van der Waals surface area contributed by atoms with Gasteiger partial charge in [-0.15, -0.1) is 10.2 Å². The molecule has 1 heterocycles. The average molecular weight is 252 g/mol. The molecule has 0 aliphatic heterocycles. The van der Waals surface area contributed by atoms with Crippen LogP contribution in [-0.4, -0.2) is 26.2 Å². The van der Waals surface area contributed by atoms with Gasteiger partial charge in [0.25, 0.3) is 0 Å². The maximum absolute atomic E-state index is 5.71. The Labute approximate surface area is 108 Å². The smallest absolute Gasteiger partial charge is 0.176 e. The van der Waals surface area contributed by atoms with Crippen LogP contribution in [0.1, 0.15) is 44.9 Å². The topological polar surface area (TPSA) is 81.7 Å². The summed E-state index contributed by atoms with van der Waals surface area (Å²) in [6.07, 6.45) is 7.25. The summed E-state index contributed by atoms with van der Waals surface area (Å²) in [5.41, 5.74) is 2.96. The van der Waals surface area contributed by atoms with Crippen LogP contribution in [0, 0.1) is 11.8 Å². The molecule has 3 N–H and O–H groups in total. The zero-order valence-electron chi connectivity index (χ0n) is 11.3. The quantitative estimate of drug-likeness (QED) is 0.598. The van der Waals surface area contributed by atoms with Gasteiger partial charge in [-0.1, -0.05) is 26.2 Å². The highest BCUT2D eigenvalue weighted by molar-refractivity contribution is 4.89. The van der Waals surface area contributed by atoms with Crippen molar-refractivity contribution in [3.8, 4) is 0 Å². The Bertz CT molecular complexity index is 363. The third-order valence-corrected chi connectivity index (χ3v) is 4.14. The zero-order valence-corrected chi connectivity index (χ0v) is 11.3. The molecule has 3 atom stereocenters. The Morgan fingerprint density at radius 2 is 2.33 bits per heavy atom. The van der Waals surface area contributed by atoms with E-state index in [0.717, 1.165) is 18.2 Å². The molecule has 1 saturated carbocycles. The van der Waals surface area contributed by atoms with E-state index in [1.54, 1.807) is 7.05 Å². The summed E-state index contributed by atoms with van der Waals surface area (Å²) in [4.78, 5) is 1.50. The van der Waals surface area contributed by atoms with E-state index in [0.29, 0.717) is 5.92 Å². The molecule has 0 aromatic carbocycles. The number of nitrogens with one attached hydrogen (secondary N) is 1. The molecule has 0 amide bonds. The molecule has 1 aromatic rings. The van der Waals surface area contributed by atoms with E-state index in [4.69, 9.17) is 5.84 Å². The first-order chi connectivity index (χ1) is 8.72. The van der Waals surface area contributed by atoms with E-state index in [1.807, 2.05) is 0 Å². The molecule has 6 heteroatoms. The van der Waals surface area contributed by atoms with E-state index in [1.165, 1.54) is 36.9 Å². The Kier molecular flexibility index (Phi) is 4.66. The minimum atomic E-state index is 0.267. The molecule has 0 spiro atoms. The van der Waals surface area contributed by atoms with Crippen molar-refractivity contribution in [2.24, 2.45) is 24.7 Å². The highest BCUT2D eigenvalue weighted by atomic mass is 15.6. The van der Waals surface area contributed by atoms with E-state index in [9.17, 15) is 0 Å². The number of nitrogens with zero attached hydrogens (tertiary/aromatic N) is 4. The Hall–Kier alpha value is -1.01. The van der Waals surface area contributed by atoms with Gasteiger partial charge in [0, 0.05) is 12.5 Å². The fourth-order valence-corrected chi connectivity index (χ4v) is 3.03. The minimum Gasteiger partial charge on any atom is -0.271 e. The van der Waals surface area contributed by atoms with Crippen molar-refractivity contribution in [1.82, 2.24) is 25.6 Å². The molecular formula is C12H24N6. The third kappa shape index (κ3) is 3.26. The minimum absolute atomic E-state index is 0.267. The van der Waals surface area contributed by atoms with Crippen LogP contribution in [0.25, 0.3) is 0 Å². The van der Waals surface area contributed by atoms with E-state index >= 15 is 0 Å². The predicted molar refractivity (Wildman–Crippen MR) is 69.4 cm³/mol. The third-order valence-electron chi connectivity index (χ3n) is 4.14. The van der Waals surface area contributed by atoms with Gasteiger partial charge < -0.3 is 0 Å². The number of aromatic nitrogens is 4. The van der Waals surface area contributed by atoms with Crippen LogP contribution >= 0.6 is 0 Å². The second-order valence-corrected chi connectivity index (χ2v) is 5.37. The van der Waals surface area contributed by atoms with Gasteiger partial charge in [-0.25, -0.2) is 0 Å². The summed E-state index contributed by atoms with van der Waals surface area (Å²) in [6, 6.07) is 0.267. The van der Waals surface area contributed by atoms with Crippen molar-refractivity contribution in [2.45, 2.75) is 51.5 Å². The van der Waals surface area contributed by atoms with Gasteiger partial charge in [0.15, 0.2) is 5.82 Å². The molecule has 2 rings (SSSR count). The second-order valence-electron chi connectivity index (χ2n) is 5.37. The summed E-state index contributed by atoms with van der Waals surface area (Å²) in [5.74, 6) is 7.98. The fraction of sp³-hybridized carbons (Fsp3) is 0.917. The number of aryl methyl sites for hydroxylation is 1. The average Bonchev–Trinajstić information content (AvgIpc) is 2.81. The van der Waals surface area contributed by atoms with Crippen molar-refractivity contribution in [3.05, 3.63) is 5.82 Å². The molecule has 0 saturated heterocycles. The normalized spacial score (nSPS) is 26.2. The first kappa shape index (κ1) is 13.4. The second kappa shape index (κ2) is 6.24. The summed E-state index contributed by atoms with van der Waals surface area (Å²) >= 11 is 0. The highest BCUT2D eigenvalue weighted by Gasteiger charge is 2.28. The van der Waals surface area contributed by atoms with Crippen LogP contribution in [0.2, 0.25) is 0 Å². The molecule has 1 aliphatic carbocycles. The van der Waals surface area contributed by atoms with Gasteiger partial charge in [-0.05, 0) is 29.9 Å². The van der Waals surface area contributed by atoms with E-state index in [-0.39, 0.29) is 6.04 Å². The van der Waals surface area contributed by atoms with E-state index < -0.39 is 0 Å². The van der Waals surface area contributed by atoms with Crippen molar-refractivity contribution >= 4 is 0 Å². The van der Waals surface area contributed by atoms with Crippen molar-refractivity contribution in [2.75, 3.05) is 0 Å². The number of hydrogen-bond donors (Lipinski definition) is 2. The van der Waals surface area contributed by atoms with Gasteiger partial charge in [0.05, 0.1) is 7.05 Å². The fourth-order valence-electron chi connectivity index (χ4n) is 3.03. The molecule has 0 bridgehead atoms. The largest absolute Gasteiger partial charge is 0.271 e. The molecular weight excluding hydrogens is 228 g/mol. The van der Waals surface area contributed by atoms with Gasteiger partial charge in [-0.3, -0.25) is 11.3 Å². The standard InChI is InChI=1S/C12H24N6/c1-3-9-5-4-6-10(7-9)11(14-13)8-12-15-17-18(2)16-12/h9-11,14H,3-8,13H2,1-2H3. The zero-order chi connectivity index (χ0) is 13.0. The lowest BCUT2D eigenvalue weighted by molar-refractivity contribution is 0.206. The first-order valence-corrected chi connectivity index (χ1v) is 6.92. The number of hydrogen-bond acceptors (Lipinski definition) is 5. The van der Waals surface area contributed by atoms with Gasteiger partial charge >= 0.3 is 0 Å². The lowest BCUT2D eigenvalue weighted by atomic mass is 9.76. The van der Waals surface area contributed by atoms with Crippen LogP contribution in [0.3, 0.4) is 0 Å². The van der Waals surface area contributed by atoms with E-state index in [2.05, 4.69) is 27.8 Å². The molecule has 1 fully saturated rings. The number of hydrazine groups is 1. The van der Waals surface area contributed by atoms with Crippen LogP contribution in [0.5, 0.6) is 0 Å². The summed E-state index contributed by atoms with van der Waals surface area (Å²) in [6.45, 7) is 2.28. The maximum atomic E-state index is 5.71. The summed E-state index contributed by atoms with van der Waals surface area (Å²) in [5, 5.41) is 12.1. The Morgan fingerprint density at radius 3 is 2.94 bits per heavy atom. The molecule has 102 valence electrons. The molecule has 1 aliphatic rings. The SMILES string of the molecule is CCC1CCCC(C(Cc2nnn(C)n2)NN)C1. The van der Waals surface area contributed by atoms with Gasteiger partial charge in [0.1, 0.15) is 0 Å². The maximum Gasteiger partial charge on any atom is 0.176 e. The Morgan fingerprint density at radius 1 is 1.50 bits per heavy atom. The van der Waals surface area contributed by atoms with Crippen LogP contribution < -0.4 is 11.3 Å². The number of tetrazole rings is 1. The Balaban J connectivity index is 1.95. The van der Waals surface area contributed by atoms with Gasteiger partial charge in [-0.2, -0.15) is 4.80 Å². The molecule has 0 radical (unpaired) electrons. The molecule has 3 unspecified atom stereocenters. The van der Waals surface area contributed by atoms with Crippen molar-refractivity contribution < 1.29 is 0 Å². The van der Waals surface area contributed by atoms with Crippen LogP contribution in [0.15, 0.2) is 0 Å². The lowest BCUT2D eigenvalue weighted by Crippen LogP contribution is -2.44. The molecule has 18 heavy (non-hydrogen) atoms. The number of nitrogens with two attached hydrogens (primary N) is 1. The summed E-state index contributed by atoms with van der Waals surface area (Å²) < 4.78 is 0. The lowest BCUT2D eigenvalue weighted by Gasteiger charge is -2.33. The number of rotatable bonds is 5. The van der Waals surface area contributed by atoms with Crippen molar-refractivity contribution in [3.63, 3.8) is 0 Å². The summed E-state index contributed by atoms with van der Waals surface area (Å²) in [7, 11) is 1.79. The van der Waals surface area contributed by atoms with Crippen LogP contribution in [-0.2, 0) is 13.5 Å². The van der Waals surface area contributed by atoms with Crippen LogP contribution in [0.4, 0.5) is 0 Å². The molecule has 1 aromatic heterocycles. The van der Waals surface area contributed by atoms with Crippen molar-refractivity contribution in [1.29, 1.82) is 0 Å². The molecule has 6 nitrogen and oxygen atoms in total. The first-order valence-electron chi connectivity index (χ1n) is 6.92. The van der Waals surface area contributed by atoms with Gasteiger partial charge in [0.2, 0.25) is 0 Å². The highest BCUT2D eigenvalue weighted by Crippen LogP contribution is 2.33. The monoisotopic (exact) mass is 252 g/mol. The predicted octanol–water partition coefficient (Wildman–Crippen LogP) is 0.801.